The van der Waals surface area contributed by atoms with Gasteiger partial charge in [-0.25, -0.2) is 4.98 Å². The van der Waals surface area contributed by atoms with E-state index in [-0.39, 0.29) is 18.1 Å². The summed E-state index contributed by atoms with van der Waals surface area (Å²) < 4.78 is 0. The van der Waals surface area contributed by atoms with Gasteiger partial charge in [-0.3, -0.25) is 4.79 Å². The van der Waals surface area contributed by atoms with Gasteiger partial charge in [0.15, 0.2) is 0 Å². The highest BCUT2D eigenvalue weighted by atomic mass is 35.5. The Hall–Kier alpha value is -0.540. The fraction of sp³-hybridized carbons (Fsp3) is 0.200. The molecule has 0 aromatic carbocycles. The SMILES string of the molecule is Cc1nc(C(=O)Cl)c[nH]1.Cl. The standard InChI is InChI=1S/C5H5ClN2O.ClH/c1-3-7-2-4(8-3)5(6)9;/h2H,1H3,(H,7,8);1H. The first-order chi connectivity index (χ1) is 4.20. The molecule has 1 rings (SSSR count). The van der Waals surface area contributed by atoms with Crippen LogP contribution < -0.4 is 0 Å². The van der Waals surface area contributed by atoms with Crippen molar-refractivity contribution in [2.75, 3.05) is 0 Å². The number of hydrogen-bond donors (Lipinski definition) is 1. The van der Waals surface area contributed by atoms with Crippen LogP contribution in [0.1, 0.15) is 16.3 Å². The van der Waals surface area contributed by atoms with Crippen LogP contribution in [0.5, 0.6) is 0 Å². The van der Waals surface area contributed by atoms with Crippen molar-refractivity contribution in [1.82, 2.24) is 9.97 Å². The molecule has 0 saturated carbocycles. The minimum atomic E-state index is -0.528. The van der Waals surface area contributed by atoms with Crippen LogP contribution in [0.3, 0.4) is 0 Å². The second-order valence-corrected chi connectivity index (χ2v) is 1.99. The predicted molar refractivity (Wildman–Crippen MR) is 40.8 cm³/mol. The summed E-state index contributed by atoms with van der Waals surface area (Å²) >= 11 is 5.10. The number of halogens is 2. The molecule has 1 aromatic heterocycles. The Kier molecular flexibility index (Phi) is 3.39. The highest BCUT2D eigenvalue weighted by Crippen LogP contribution is 1.98. The van der Waals surface area contributed by atoms with Crippen molar-refractivity contribution in [1.29, 1.82) is 0 Å². The van der Waals surface area contributed by atoms with Gasteiger partial charge in [-0.1, -0.05) is 0 Å². The van der Waals surface area contributed by atoms with E-state index in [9.17, 15) is 4.79 Å². The third-order valence-electron chi connectivity index (χ3n) is 0.907. The molecule has 56 valence electrons. The average molecular weight is 181 g/mol. The van der Waals surface area contributed by atoms with E-state index >= 15 is 0 Å². The maximum atomic E-state index is 10.3. The van der Waals surface area contributed by atoms with Crippen molar-refractivity contribution in [3.8, 4) is 0 Å². The smallest absolute Gasteiger partial charge is 0.272 e. The third-order valence-corrected chi connectivity index (χ3v) is 1.10. The number of nitrogens with zero attached hydrogens (tertiary/aromatic N) is 1. The lowest BCUT2D eigenvalue weighted by molar-refractivity contribution is 0.107. The van der Waals surface area contributed by atoms with Crippen LogP contribution in [0.4, 0.5) is 0 Å². The van der Waals surface area contributed by atoms with E-state index in [1.54, 1.807) is 6.92 Å². The van der Waals surface area contributed by atoms with E-state index in [0.29, 0.717) is 5.82 Å². The van der Waals surface area contributed by atoms with Gasteiger partial charge in [0.1, 0.15) is 11.5 Å². The summed E-state index contributed by atoms with van der Waals surface area (Å²) in [7, 11) is 0. The molecule has 0 radical (unpaired) electrons. The minimum absolute atomic E-state index is 0. The summed E-state index contributed by atoms with van der Waals surface area (Å²) in [6.07, 6.45) is 1.48. The number of nitrogens with one attached hydrogen (secondary N) is 1. The molecular weight excluding hydrogens is 175 g/mol. The van der Waals surface area contributed by atoms with Crippen LogP contribution in [0.15, 0.2) is 6.20 Å². The van der Waals surface area contributed by atoms with Crippen molar-refractivity contribution >= 4 is 29.3 Å². The van der Waals surface area contributed by atoms with Gasteiger partial charge in [-0.05, 0) is 18.5 Å². The number of aryl methyl sites for hydroxylation is 1. The van der Waals surface area contributed by atoms with E-state index in [4.69, 9.17) is 11.6 Å². The third kappa shape index (κ3) is 2.01. The zero-order valence-corrected chi connectivity index (χ0v) is 6.79. The van der Waals surface area contributed by atoms with Gasteiger partial charge >= 0.3 is 0 Å². The zero-order valence-electron chi connectivity index (χ0n) is 5.22. The first-order valence-corrected chi connectivity index (χ1v) is 2.80. The lowest BCUT2D eigenvalue weighted by Gasteiger charge is -1.77. The zero-order chi connectivity index (χ0) is 6.85. The van der Waals surface area contributed by atoms with Gasteiger partial charge < -0.3 is 4.98 Å². The van der Waals surface area contributed by atoms with Crippen LogP contribution in [0.2, 0.25) is 0 Å². The quantitative estimate of drug-likeness (QED) is 0.667. The lowest BCUT2D eigenvalue weighted by atomic mass is 10.5. The second kappa shape index (κ2) is 3.58. The van der Waals surface area contributed by atoms with Crippen molar-refractivity contribution in [2.45, 2.75) is 6.92 Å². The van der Waals surface area contributed by atoms with Crippen LogP contribution in [-0.4, -0.2) is 15.2 Å². The molecule has 5 heteroatoms. The second-order valence-electron chi connectivity index (χ2n) is 1.64. The number of aromatic amines is 1. The Morgan fingerprint density at radius 3 is 2.60 bits per heavy atom. The van der Waals surface area contributed by atoms with Crippen molar-refractivity contribution in [2.24, 2.45) is 0 Å². The Bertz CT molecular complexity index is 233. The summed E-state index contributed by atoms with van der Waals surface area (Å²) in [5, 5.41) is -0.528. The molecule has 0 saturated heterocycles. The molecule has 0 aliphatic rings. The molecule has 1 N–H and O–H groups in total. The fourth-order valence-electron chi connectivity index (χ4n) is 0.519. The van der Waals surface area contributed by atoms with Crippen molar-refractivity contribution in [3.63, 3.8) is 0 Å². The van der Waals surface area contributed by atoms with Crippen LogP contribution in [0.25, 0.3) is 0 Å². The number of rotatable bonds is 1. The number of aromatic nitrogens is 2. The first kappa shape index (κ1) is 9.46. The largest absolute Gasteiger partial charge is 0.348 e. The first-order valence-electron chi connectivity index (χ1n) is 2.42. The van der Waals surface area contributed by atoms with E-state index < -0.39 is 5.24 Å². The maximum absolute atomic E-state index is 10.3. The predicted octanol–water partition coefficient (Wildman–Crippen LogP) is 1.52. The molecule has 10 heavy (non-hydrogen) atoms. The number of hydrogen-bond acceptors (Lipinski definition) is 2. The van der Waals surface area contributed by atoms with Crippen LogP contribution >= 0.6 is 24.0 Å². The Labute approximate surface area is 69.2 Å². The van der Waals surface area contributed by atoms with Gasteiger partial charge in [0.2, 0.25) is 0 Å². The highest BCUT2D eigenvalue weighted by molar-refractivity contribution is 6.67. The molecule has 0 unspecified atom stereocenters. The van der Waals surface area contributed by atoms with Crippen LogP contribution in [-0.2, 0) is 0 Å². The Morgan fingerprint density at radius 2 is 2.40 bits per heavy atom. The summed E-state index contributed by atoms with van der Waals surface area (Å²) in [6.45, 7) is 1.75. The van der Waals surface area contributed by atoms with E-state index in [1.165, 1.54) is 6.20 Å². The highest BCUT2D eigenvalue weighted by Gasteiger charge is 2.02. The topological polar surface area (TPSA) is 45.8 Å². The summed E-state index contributed by atoms with van der Waals surface area (Å²) in [4.78, 5) is 16.8. The van der Waals surface area contributed by atoms with Crippen molar-refractivity contribution < 1.29 is 4.79 Å². The molecule has 0 fully saturated rings. The van der Waals surface area contributed by atoms with Gasteiger partial charge in [-0.2, -0.15) is 0 Å². The minimum Gasteiger partial charge on any atom is -0.348 e. The lowest BCUT2D eigenvalue weighted by Crippen LogP contribution is -1.86. The van der Waals surface area contributed by atoms with Crippen LogP contribution in [0, 0.1) is 6.92 Å². The summed E-state index contributed by atoms with van der Waals surface area (Å²) in [6, 6.07) is 0. The molecule has 0 aliphatic carbocycles. The molecule has 3 nitrogen and oxygen atoms in total. The molecule has 0 atom stereocenters. The monoisotopic (exact) mass is 180 g/mol. The van der Waals surface area contributed by atoms with Gasteiger partial charge in [0.25, 0.3) is 5.24 Å². The molecule has 0 aliphatic heterocycles. The summed E-state index contributed by atoms with van der Waals surface area (Å²) in [5.41, 5.74) is 0.272. The molecule has 1 heterocycles. The normalized spacial score (nSPS) is 8.60. The molecule has 0 spiro atoms. The Morgan fingerprint density at radius 1 is 1.80 bits per heavy atom. The number of carbonyl (C=O) groups excluding carboxylic acids is 1. The fourth-order valence-corrected chi connectivity index (χ4v) is 0.616. The van der Waals surface area contributed by atoms with E-state index in [0.717, 1.165) is 0 Å². The van der Waals surface area contributed by atoms with E-state index in [2.05, 4.69) is 9.97 Å². The maximum Gasteiger partial charge on any atom is 0.272 e. The van der Waals surface area contributed by atoms with E-state index in [1.807, 2.05) is 0 Å². The number of imidazole rings is 1. The summed E-state index contributed by atoms with van der Waals surface area (Å²) in [5.74, 6) is 0.694. The molecule has 0 amide bonds. The van der Waals surface area contributed by atoms with Gasteiger partial charge in [-0.15, -0.1) is 12.4 Å². The van der Waals surface area contributed by atoms with Gasteiger partial charge in [0, 0.05) is 6.20 Å². The number of H-pyrrole nitrogens is 1. The molecular formula is C5H6Cl2N2O. The molecule has 0 bridgehead atoms. The van der Waals surface area contributed by atoms with Gasteiger partial charge in [0.05, 0.1) is 0 Å². The Balaban J connectivity index is 0.000000810. The average Bonchev–Trinajstić information content (AvgIpc) is 2.14. The molecule has 1 aromatic rings. The van der Waals surface area contributed by atoms with Crippen molar-refractivity contribution in [3.05, 3.63) is 17.7 Å². The number of carbonyl (C=O) groups is 1.